The van der Waals surface area contributed by atoms with Gasteiger partial charge in [0.15, 0.2) is 5.43 Å². The van der Waals surface area contributed by atoms with Crippen molar-refractivity contribution < 1.29 is 18.7 Å². The van der Waals surface area contributed by atoms with Crippen LogP contribution < -0.4 is 14.9 Å². The van der Waals surface area contributed by atoms with Crippen LogP contribution in [0.1, 0.15) is 21.9 Å². The standard InChI is InChI=1S/C24H19NO5/c1-14-22-20(26)12-18(16-4-6-19(28-3)7-5-16)13-21(23(22)15(2)29-14)30-24(27)17-8-10-25-11-9-17/h4-13H,1-3H3. The first-order valence-electron chi connectivity index (χ1n) is 9.32. The fraction of sp³-hybridized carbons (Fsp3) is 0.125. The second-order valence-electron chi connectivity index (χ2n) is 6.79. The summed E-state index contributed by atoms with van der Waals surface area (Å²) in [5.74, 6) is 1.40. The lowest BCUT2D eigenvalue weighted by Crippen LogP contribution is -2.08. The molecule has 0 bridgehead atoms. The number of aryl methyl sites for hydroxylation is 2. The van der Waals surface area contributed by atoms with E-state index in [1.807, 2.05) is 12.1 Å². The molecular formula is C24H19NO5. The number of rotatable bonds is 4. The second kappa shape index (κ2) is 7.83. The Hall–Kier alpha value is -3.93. The number of aromatic nitrogens is 1. The molecule has 2 heterocycles. The monoisotopic (exact) mass is 401 g/mol. The minimum absolute atomic E-state index is 0.212. The molecule has 0 amide bonds. The Kier molecular flexibility index (Phi) is 5.06. The highest BCUT2D eigenvalue weighted by Gasteiger charge is 2.19. The summed E-state index contributed by atoms with van der Waals surface area (Å²) in [5, 5.41) is 0.879. The van der Waals surface area contributed by atoms with Crippen molar-refractivity contribution in [3.63, 3.8) is 0 Å². The summed E-state index contributed by atoms with van der Waals surface area (Å²) in [6, 6.07) is 13.6. The zero-order valence-electron chi connectivity index (χ0n) is 16.8. The molecule has 0 atom stereocenters. The molecule has 6 nitrogen and oxygen atoms in total. The predicted octanol–water partition coefficient (Wildman–Crippen LogP) is 4.70. The number of fused-ring (bicyclic) bond motifs is 1. The summed E-state index contributed by atoms with van der Waals surface area (Å²) in [6.07, 6.45) is 3.03. The average Bonchev–Trinajstić information content (AvgIpc) is 2.97. The first kappa shape index (κ1) is 19.4. The van der Waals surface area contributed by atoms with Gasteiger partial charge in [-0.3, -0.25) is 9.78 Å². The van der Waals surface area contributed by atoms with E-state index in [2.05, 4.69) is 4.98 Å². The number of hydrogen-bond donors (Lipinski definition) is 0. The fourth-order valence-corrected chi connectivity index (χ4v) is 3.42. The molecule has 0 spiro atoms. The van der Waals surface area contributed by atoms with E-state index in [1.54, 1.807) is 51.3 Å². The van der Waals surface area contributed by atoms with Crippen LogP contribution >= 0.6 is 0 Å². The number of carbonyl (C=O) groups excluding carboxylic acids is 1. The van der Waals surface area contributed by atoms with Gasteiger partial charge in [-0.2, -0.15) is 0 Å². The summed E-state index contributed by atoms with van der Waals surface area (Å²) in [5.41, 5.74) is 1.56. The van der Waals surface area contributed by atoms with Gasteiger partial charge in [-0.05, 0) is 61.4 Å². The van der Waals surface area contributed by atoms with Crippen molar-refractivity contribution in [2.75, 3.05) is 7.11 Å². The number of carbonyl (C=O) groups is 1. The number of hydrogen-bond acceptors (Lipinski definition) is 6. The molecule has 4 aromatic rings. The molecule has 0 fully saturated rings. The number of ether oxygens (including phenoxy) is 2. The van der Waals surface area contributed by atoms with Crippen molar-refractivity contribution >= 4 is 16.7 Å². The third kappa shape index (κ3) is 3.55. The number of nitrogens with zero attached hydrogens (tertiary/aromatic N) is 1. The largest absolute Gasteiger partial charge is 0.497 e. The molecule has 0 aliphatic heterocycles. The molecule has 0 N–H and O–H groups in total. The highest BCUT2D eigenvalue weighted by Crippen LogP contribution is 2.34. The van der Waals surface area contributed by atoms with Gasteiger partial charge in [-0.1, -0.05) is 12.1 Å². The van der Waals surface area contributed by atoms with E-state index in [-0.39, 0.29) is 11.2 Å². The summed E-state index contributed by atoms with van der Waals surface area (Å²) in [4.78, 5) is 29.6. The van der Waals surface area contributed by atoms with Gasteiger partial charge >= 0.3 is 5.97 Å². The van der Waals surface area contributed by atoms with Crippen LogP contribution in [0.2, 0.25) is 0 Å². The Balaban J connectivity index is 1.93. The van der Waals surface area contributed by atoms with E-state index < -0.39 is 5.97 Å². The molecule has 2 aromatic carbocycles. The van der Waals surface area contributed by atoms with Gasteiger partial charge in [0.25, 0.3) is 0 Å². The third-order valence-electron chi connectivity index (χ3n) is 4.87. The molecule has 0 unspecified atom stereocenters. The van der Waals surface area contributed by atoms with Crippen LogP contribution in [0.3, 0.4) is 0 Å². The fourth-order valence-electron chi connectivity index (χ4n) is 3.42. The van der Waals surface area contributed by atoms with Gasteiger partial charge in [-0.25, -0.2) is 4.79 Å². The lowest BCUT2D eigenvalue weighted by atomic mass is 10.1. The van der Waals surface area contributed by atoms with Crippen molar-refractivity contribution in [1.29, 1.82) is 0 Å². The minimum atomic E-state index is -0.545. The maximum absolute atomic E-state index is 13.0. The minimum Gasteiger partial charge on any atom is -0.497 e. The summed E-state index contributed by atoms with van der Waals surface area (Å²) in [6.45, 7) is 3.46. The Bertz CT molecular complexity index is 1290. The van der Waals surface area contributed by atoms with Gasteiger partial charge in [0.2, 0.25) is 0 Å². The van der Waals surface area contributed by atoms with E-state index in [9.17, 15) is 9.59 Å². The van der Waals surface area contributed by atoms with Crippen LogP contribution in [-0.4, -0.2) is 18.1 Å². The molecule has 0 saturated heterocycles. The molecule has 6 heteroatoms. The third-order valence-corrected chi connectivity index (χ3v) is 4.87. The number of furan rings is 1. The topological polar surface area (TPSA) is 78.6 Å². The predicted molar refractivity (Wildman–Crippen MR) is 113 cm³/mol. The average molecular weight is 401 g/mol. The van der Waals surface area contributed by atoms with E-state index in [0.717, 1.165) is 5.56 Å². The van der Waals surface area contributed by atoms with Crippen molar-refractivity contribution in [3.8, 4) is 22.6 Å². The van der Waals surface area contributed by atoms with Crippen LogP contribution in [0.15, 0.2) is 70.1 Å². The van der Waals surface area contributed by atoms with Crippen molar-refractivity contribution in [2.24, 2.45) is 0 Å². The van der Waals surface area contributed by atoms with Crippen LogP contribution in [0.25, 0.3) is 21.9 Å². The number of benzene rings is 1. The number of methoxy groups -OCH3 is 1. The lowest BCUT2D eigenvalue weighted by molar-refractivity contribution is 0.0737. The van der Waals surface area contributed by atoms with Crippen molar-refractivity contribution in [1.82, 2.24) is 4.98 Å². The molecule has 0 radical (unpaired) electrons. The first-order chi connectivity index (χ1) is 14.5. The van der Waals surface area contributed by atoms with Crippen molar-refractivity contribution in [2.45, 2.75) is 13.8 Å². The zero-order chi connectivity index (χ0) is 21.3. The highest BCUT2D eigenvalue weighted by atomic mass is 16.5. The van der Waals surface area contributed by atoms with E-state index in [0.29, 0.717) is 39.2 Å². The first-order valence-corrected chi connectivity index (χ1v) is 9.32. The molecular weight excluding hydrogens is 382 g/mol. The smallest absolute Gasteiger partial charge is 0.343 e. The molecule has 0 aliphatic rings. The highest BCUT2D eigenvalue weighted by molar-refractivity contribution is 5.97. The SMILES string of the molecule is COc1ccc(-c2cc(OC(=O)c3ccncc3)c3c(C)oc(C)c3c(=O)c2)cc1. The maximum atomic E-state index is 13.0. The molecule has 0 saturated carbocycles. The zero-order valence-corrected chi connectivity index (χ0v) is 16.8. The maximum Gasteiger partial charge on any atom is 0.343 e. The Morgan fingerprint density at radius 2 is 1.57 bits per heavy atom. The van der Waals surface area contributed by atoms with Crippen LogP contribution in [-0.2, 0) is 0 Å². The molecule has 0 aliphatic carbocycles. The molecule has 150 valence electrons. The van der Waals surface area contributed by atoms with Gasteiger partial charge in [0, 0.05) is 12.4 Å². The second-order valence-corrected chi connectivity index (χ2v) is 6.79. The van der Waals surface area contributed by atoms with Crippen LogP contribution in [0.4, 0.5) is 0 Å². The number of esters is 1. The van der Waals surface area contributed by atoms with Gasteiger partial charge in [-0.15, -0.1) is 0 Å². The molecule has 30 heavy (non-hydrogen) atoms. The molecule has 4 rings (SSSR count). The van der Waals surface area contributed by atoms with Crippen LogP contribution in [0, 0.1) is 13.8 Å². The van der Waals surface area contributed by atoms with Gasteiger partial charge in [0.05, 0.1) is 23.4 Å². The lowest BCUT2D eigenvalue weighted by Gasteiger charge is -2.06. The normalized spacial score (nSPS) is 10.8. The van der Waals surface area contributed by atoms with Crippen LogP contribution in [0.5, 0.6) is 11.5 Å². The Labute approximate surface area is 172 Å². The summed E-state index contributed by atoms with van der Waals surface area (Å²) >= 11 is 0. The van der Waals surface area contributed by atoms with Gasteiger partial charge < -0.3 is 13.9 Å². The van der Waals surface area contributed by atoms with E-state index >= 15 is 0 Å². The quantitative estimate of drug-likeness (QED) is 0.461. The Morgan fingerprint density at radius 3 is 2.23 bits per heavy atom. The van der Waals surface area contributed by atoms with E-state index in [4.69, 9.17) is 13.9 Å². The summed E-state index contributed by atoms with van der Waals surface area (Å²) in [7, 11) is 1.59. The number of pyridine rings is 1. The van der Waals surface area contributed by atoms with Crippen molar-refractivity contribution in [3.05, 3.63) is 88.2 Å². The van der Waals surface area contributed by atoms with Gasteiger partial charge in [0.1, 0.15) is 23.0 Å². The summed E-state index contributed by atoms with van der Waals surface area (Å²) < 4.78 is 16.6. The van der Waals surface area contributed by atoms with E-state index in [1.165, 1.54) is 18.5 Å². The Morgan fingerprint density at radius 1 is 0.900 bits per heavy atom. The molecule has 2 aromatic heterocycles.